The van der Waals surface area contributed by atoms with Crippen molar-refractivity contribution in [3.63, 3.8) is 0 Å². The number of nitrogens with one attached hydrogen (secondary N) is 2. The van der Waals surface area contributed by atoms with Crippen molar-refractivity contribution in [2.75, 3.05) is 13.1 Å². The molecule has 4 nitrogen and oxygen atoms in total. The lowest BCUT2D eigenvalue weighted by molar-refractivity contribution is 0.200. The summed E-state index contributed by atoms with van der Waals surface area (Å²) in [7, 11) is 0. The molecule has 0 radical (unpaired) electrons. The minimum absolute atomic E-state index is 0.0227. The van der Waals surface area contributed by atoms with Crippen LogP contribution in [0.4, 0.5) is 4.79 Å². The van der Waals surface area contributed by atoms with Crippen molar-refractivity contribution in [2.45, 2.75) is 26.3 Å². The van der Waals surface area contributed by atoms with Crippen LogP contribution < -0.4 is 5.32 Å². The van der Waals surface area contributed by atoms with E-state index in [1.54, 1.807) is 0 Å². The predicted octanol–water partition coefficient (Wildman–Crippen LogP) is 3.79. The molecule has 1 aliphatic rings. The first-order valence-corrected chi connectivity index (χ1v) is 8.87. The molecular formula is C21H23N3O. The molecule has 2 heterocycles. The second-order valence-electron chi connectivity index (χ2n) is 6.76. The van der Waals surface area contributed by atoms with Gasteiger partial charge in [-0.1, -0.05) is 42.0 Å². The summed E-state index contributed by atoms with van der Waals surface area (Å²) >= 11 is 0. The van der Waals surface area contributed by atoms with Gasteiger partial charge in [0.2, 0.25) is 0 Å². The topological polar surface area (TPSA) is 48.1 Å². The molecule has 1 aliphatic heterocycles. The number of hydrogen-bond donors (Lipinski definition) is 2. The zero-order valence-corrected chi connectivity index (χ0v) is 14.5. The Morgan fingerprint density at radius 1 is 1.12 bits per heavy atom. The van der Waals surface area contributed by atoms with E-state index in [1.807, 2.05) is 35.2 Å². The first-order valence-electron chi connectivity index (χ1n) is 8.87. The Balaban J connectivity index is 1.44. The molecule has 25 heavy (non-hydrogen) atoms. The van der Waals surface area contributed by atoms with Crippen LogP contribution in [0.2, 0.25) is 0 Å². The lowest BCUT2D eigenvalue weighted by Gasteiger charge is -2.21. The molecule has 0 spiro atoms. The summed E-state index contributed by atoms with van der Waals surface area (Å²) in [5.41, 5.74) is 6.25. The average Bonchev–Trinajstić information content (AvgIpc) is 2.83. The number of rotatable bonds is 2. The summed E-state index contributed by atoms with van der Waals surface area (Å²) in [4.78, 5) is 18.0. The van der Waals surface area contributed by atoms with Gasteiger partial charge in [-0.2, -0.15) is 0 Å². The maximum absolute atomic E-state index is 12.5. The van der Waals surface area contributed by atoms with E-state index < -0.39 is 0 Å². The van der Waals surface area contributed by atoms with Crippen LogP contribution in [0, 0.1) is 6.92 Å². The maximum Gasteiger partial charge on any atom is 0.317 e. The molecule has 3 aromatic rings. The van der Waals surface area contributed by atoms with E-state index in [2.05, 4.69) is 35.4 Å². The van der Waals surface area contributed by atoms with Gasteiger partial charge in [-0.05, 0) is 36.6 Å². The van der Waals surface area contributed by atoms with Gasteiger partial charge >= 0.3 is 6.03 Å². The summed E-state index contributed by atoms with van der Waals surface area (Å²) in [6.45, 7) is 4.20. The molecule has 0 unspecified atom stereocenters. The van der Waals surface area contributed by atoms with E-state index in [0.717, 1.165) is 31.5 Å². The molecule has 2 aromatic carbocycles. The van der Waals surface area contributed by atoms with Crippen molar-refractivity contribution in [3.8, 4) is 0 Å². The summed E-state index contributed by atoms with van der Waals surface area (Å²) in [6.07, 6.45) is 1.78. The second kappa shape index (κ2) is 6.63. The number of carbonyl (C=O) groups is 1. The first-order chi connectivity index (χ1) is 12.2. The van der Waals surface area contributed by atoms with Gasteiger partial charge in [0.25, 0.3) is 0 Å². The van der Waals surface area contributed by atoms with Gasteiger partial charge in [-0.15, -0.1) is 0 Å². The fourth-order valence-electron chi connectivity index (χ4n) is 3.61. The molecule has 0 aliphatic carbocycles. The lowest BCUT2D eigenvalue weighted by atomic mass is 10.1. The van der Waals surface area contributed by atoms with Crippen molar-refractivity contribution >= 4 is 16.9 Å². The van der Waals surface area contributed by atoms with E-state index in [0.29, 0.717) is 6.54 Å². The van der Waals surface area contributed by atoms with Crippen LogP contribution in [-0.4, -0.2) is 29.0 Å². The van der Waals surface area contributed by atoms with Crippen LogP contribution in [0.15, 0.2) is 48.5 Å². The summed E-state index contributed by atoms with van der Waals surface area (Å²) in [6, 6.07) is 16.6. The molecule has 4 rings (SSSR count). The number of aromatic nitrogens is 1. The van der Waals surface area contributed by atoms with Gasteiger partial charge in [0.15, 0.2) is 0 Å². The number of urea groups is 1. The Labute approximate surface area is 147 Å². The molecule has 0 saturated heterocycles. The van der Waals surface area contributed by atoms with E-state index in [9.17, 15) is 4.79 Å². The number of aryl methyl sites for hydroxylation is 1. The van der Waals surface area contributed by atoms with Crippen molar-refractivity contribution in [2.24, 2.45) is 0 Å². The van der Waals surface area contributed by atoms with Crippen LogP contribution in [-0.2, 0) is 19.4 Å². The summed E-state index contributed by atoms with van der Waals surface area (Å²) < 4.78 is 0. The molecule has 4 heteroatoms. The number of hydrogen-bond acceptors (Lipinski definition) is 1. The molecule has 2 N–H and O–H groups in total. The Kier molecular flexibility index (Phi) is 4.18. The molecule has 0 fully saturated rings. The SMILES string of the molecule is Cc1ccc2[nH]c3c(c2c1)CCN(C(=O)NCc1ccccc1)CC3. The molecule has 1 aromatic heterocycles. The number of H-pyrrole nitrogens is 1. The Morgan fingerprint density at radius 2 is 1.92 bits per heavy atom. The zero-order valence-electron chi connectivity index (χ0n) is 14.5. The van der Waals surface area contributed by atoms with Gasteiger partial charge in [0, 0.05) is 42.7 Å². The highest BCUT2D eigenvalue weighted by molar-refractivity contribution is 5.85. The standard InChI is InChI=1S/C21H23N3O/c1-15-7-8-19-18(13-15)17-9-11-24(12-10-20(17)23-19)21(25)22-14-16-5-3-2-4-6-16/h2-8,13,23H,9-12,14H2,1H3,(H,22,25). The number of amides is 2. The quantitative estimate of drug-likeness (QED) is 0.736. The Morgan fingerprint density at radius 3 is 2.76 bits per heavy atom. The minimum atomic E-state index is 0.0227. The van der Waals surface area contributed by atoms with Crippen molar-refractivity contribution in [1.29, 1.82) is 0 Å². The van der Waals surface area contributed by atoms with E-state index in [-0.39, 0.29) is 6.03 Å². The van der Waals surface area contributed by atoms with Crippen LogP contribution in [0.3, 0.4) is 0 Å². The third kappa shape index (κ3) is 3.25. The fraction of sp³-hybridized carbons (Fsp3) is 0.286. The van der Waals surface area contributed by atoms with Gasteiger partial charge in [0.05, 0.1) is 0 Å². The highest BCUT2D eigenvalue weighted by atomic mass is 16.2. The third-order valence-electron chi connectivity index (χ3n) is 4.99. The number of aromatic amines is 1. The van der Waals surface area contributed by atoms with E-state index in [1.165, 1.54) is 27.7 Å². The van der Waals surface area contributed by atoms with Crippen LogP contribution >= 0.6 is 0 Å². The molecular weight excluding hydrogens is 310 g/mol. The Bertz CT molecular complexity index is 898. The summed E-state index contributed by atoms with van der Waals surface area (Å²) in [5, 5.41) is 4.35. The molecule has 0 atom stereocenters. The molecule has 0 bridgehead atoms. The van der Waals surface area contributed by atoms with Crippen molar-refractivity contribution in [1.82, 2.24) is 15.2 Å². The van der Waals surface area contributed by atoms with Gasteiger partial charge < -0.3 is 15.2 Å². The Hall–Kier alpha value is -2.75. The molecule has 128 valence electrons. The van der Waals surface area contributed by atoms with Crippen LogP contribution in [0.5, 0.6) is 0 Å². The smallest absolute Gasteiger partial charge is 0.317 e. The van der Waals surface area contributed by atoms with E-state index in [4.69, 9.17) is 0 Å². The molecule has 2 amide bonds. The minimum Gasteiger partial charge on any atom is -0.358 e. The summed E-state index contributed by atoms with van der Waals surface area (Å²) in [5.74, 6) is 0. The van der Waals surface area contributed by atoms with Crippen LogP contribution in [0.25, 0.3) is 10.9 Å². The maximum atomic E-state index is 12.5. The molecule has 0 saturated carbocycles. The van der Waals surface area contributed by atoms with Crippen molar-refractivity contribution in [3.05, 3.63) is 70.9 Å². The fourth-order valence-corrected chi connectivity index (χ4v) is 3.61. The zero-order chi connectivity index (χ0) is 17.2. The van der Waals surface area contributed by atoms with E-state index >= 15 is 0 Å². The third-order valence-corrected chi connectivity index (χ3v) is 4.99. The predicted molar refractivity (Wildman–Crippen MR) is 101 cm³/mol. The van der Waals surface area contributed by atoms with Crippen LogP contribution in [0.1, 0.15) is 22.4 Å². The highest BCUT2D eigenvalue weighted by Crippen LogP contribution is 2.26. The second-order valence-corrected chi connectivity index (χ2v) is 6.76. The van der Waals surface area contributed by atoms with Gasteiger partial charge in [0.1, 0.15) is 0 Å². The van der Waals surface area contributed by atoms with Gasteiger partial charge in [-0.25, -0.2) is 4.79 Å². The lowest BCUT2D eigenvalue weighted by Crippen LogP contribution is -2.41. The van der Waals surface area contributed by atoms with Gasteiger partial charge in [-0.3, -0.25) is 0 Å². The largest absolute Gasteiger partial charge is 0.358 e. The number of fused-ring (bicyclic) bond motifs is 3. The average molecular weight is 333 g/mol. The first kappa shape index (κ1) is 15.8. The highest BCUT2D eigenvalue weighted by Gasteiger charge is 2.21. The normalized spacial score (nSPS) is 14.2. The number of carbonyl (C=O) groups excluding carboxylic acids is 1. The number of benzene rings is 2. The van der Waals surface area contributed by atoms with Crippen molar-refractivity contribution < 1.29 is 4.79 Å². The number of nitrogens with zero attached hydrogens (tertiary/aromatic N) is 1. The monoisotopic (exact) mass is 333 g/mol.